The zero-order chi connectivity index (χ0) is 12.0. The smallest absolute Gasteiger partial charge is 0.230 e. The highest BCUT2D eigenvalue weighted by Crippen LogP contribution is 2.06. The van der Waals surface area contributed by atoms with Crippen LogP contribution in [-0.4, -0.2) is 35.6 Å². The number of nitrogens with one attached hydrogen (secondary N) is 1. The number of nitrogens with two attached hydrogens (primary N) is 1. The number of amides is 1. The van der Waals surface area contributed by atoms with Gasteiger partial charge in [0.05, 0.1) is 12.5 Å². The summed E-state index contributed by atoms with van der Waals surface area (Å²) >= 11 is 5.64. The number of methoxy groups -OCH3 is 1. The van der Waals surface area contributed by atoms with Gasteiger partial charge in [0.1, 0.15) is 5.15 Å². The van der Waals surface area contributed by atoms with Gasteiger partial charge in [-0.1, -0.05) is 11.6 Å². The molecule has 16 heavy (non-hydrogen) atoms. The first kappa shape index (κ1) is 12.8. The minimum absolute atomic E-state index is 0.156. The molecule has 0 aliphatic heterocycles. The van der Waals surface area contributed by atoms with Crippen molar-refractivity contribution in [1.29, 1.82) is 0 Å². The molecule has 88 valence electrons. The Kier molecular flexibility index (Phi) is 5.10. The zero-order valence-corrected chi connectivity index (χ0v) is 9.57. The van der Waals surface area contributed by atoms with E-state index < -0.39 is 0 Å². The average molecular weight is 245 g/mol. The second-order valence-corrected chi connectivity index (χ2v) is 3.44. The van der Waals surface area contributed by atoms with Crippen molar-refractivity contribution in [2.75, 3.05) is 19.0 Å². The van der Waals surface area contributed by atoms with E-state index in [1.54, 1.807) is 0 Å². The fraction of sp³-hybridized carbons (Fsp3) is 0.444. The van der Waals surface area contributed by atoms with Crippen LogP contribution in [0.2, 0.25) is 5.15 Å². The van der Waals surface area contributed by atoms with Gasteiger partial charge in [-0.25, -0.2) is 9.97 Å². The van der Waals surface area contributed by atoms with E-state index in [0.717, 1.165) is 0 Å². The van der Waals surface area contributed by atoms with Crippen LogP contribution in [-0.2, 0) is 9.53 Å². The highest BCUT2D eigenvalue weighted by molar-refractivity contribution is 6.29. The second-order valence-electron chi connectivity index (χ2n) is 3.05. The van der Waals surface area contributed by atoms with Crippen molar-refractivity contribution in [1.82, 2.24) is 9.97 Å². The van der Waals surface area contributed by atoms with Crippen LogP contribution in [0.3, 0.4) is 0 Å². The molecule has 0 spiro atoms. The molecule has 0 aromatic carbocycles. The van der Waals surface area contributed by atoms with E-state index in [1.807, 2.05) is 0 Å². The topological polar surface area (TPSA) is 90.1 Å². The van der Waals surface area contributed by atoms with Gasteiger partial charge >= 0.3 is 0 Å². The summed E-state index contributed by atoms with van der Waals surface area (Å²) in [7, 11) is 1.50. The molecule has 1 heterocycles. The monoisotopic (exact) mass is 244 g/mol. The number of carbonyl (C=O) groups is 1. The van der Waals surface area contributed by atoms with Gasteiger partial charge in [-0.2, -0.15) is 0 Å². The number of aromatic nitrogens is 2. The Balaban J connectivity index is 2.51. The average Bonchev–Trinajstić information content (AvgIpc) is 2.26. The number of halogens is 1. The molecule has 0 saturated carbocycles. The molecule has 0 fully saturated rings. The van der Waals surface area contributed by atoms with Crippen molar-refractivity contribution in [2.45, 2.75) is 12.5 Å². The van der Waals surface area contributed by atoms with E-state index in [1.165, 1.54) is 19.4 Å². The lowest BCUT2D eigenvalue weighted by Crippen LogP contribution is -2.28. The maximum atomic E-state index is 11.5. The van der Waals surface area contributed by atoms with E-state index in [0.29, 0.717) is 0 Å². The summed E-state index contributed by atoms with van der Waals surface area (Å²) in [6, 6.07) is 1.52. The molecule has 0 aliphatic carbocycles. The summed E-state index contributed by atoms with van der Waals surface area (Å²) in [6.45, 7) is 0.278. The number of hydrogen-bond donors (Lipinski definition) is 2. The number of rotatable bonds is 5. The van der Waals surface area contributed by atoms with Crippen LogP contribution in [0.4, 0.5) is 5.95 Å². The summed E-state index contributed by atoms with van der Waals surface area (Å²) in [4.78, 5) is 19.1. The first-order chi connectivity index (χ1) is 7.65. The minimum Gasteiger partial charge on any atom is -0.380 e. The molecule has 1 atom stereocenters. The van der Waals surface area contributed by atoms with E-state index in [9.17, 15) is 4.79 Å². The van der Waals surface area contributed by atoms with Crippen LogP contribution < -0.4 is 11.1 Å². The summed E-state index contributed by atoms with van der Waals surface area (Å²) in [6.07, 6.45) is 1.31. The van der Waals surface area contributed by atoms with Gasteiger partial charge in [-0.15, -0.1) is 0 Å². The van der Waals surface area contributed by atoms with Gasteiger partial charge in [0.15, 0.2) is 0 Å². The van der Waals surface area contributed by atoms with E-state index in [-0.39, 0.29) is 36.1 Å². The predicted octanol–water partition coefficient (Wildman–Crippen LogP) is 0.432. The van der Waals surface area contributed by atoms with E-state index in [4.69, 9.17) is 22.1 Å². The Morgan fingerprint density at radius 1 is 1.75 bits per heavy atom. The largest absolute Gasteiger partial charge is 0.380 e. The Morgan fingerprint density at radius 3 is 3.06 bits per heavy atom. The molecular weight excluding hydrogens is 232 g/mol. The molecule has 0 bridgehead atoms. The Hall–Kier alpha value is -1.24. The van der Waals surface area contributed by atoms with Gasteiger partial charge in [0, 0.05) is 19.9 Å². The molecule has 1 aromatic rings. The van der Waals surface area contributed by atoms with E-state index >= 15 is 0 Å². The molecule has 7 heteroatoms. The fourth-order valence-corrected chi connectivity index (χ4v) is 1.18. The summed E-state index contributed by atoms with van der Waals surface area (Å²) in [5, 5.41) is 2.77. The van der Waals surface area contributed by atoms with Crippen LogP contribution in [0.25, 0.3) is 0 Å². The maximum Gasteiger partial charge on any atom is 0.230 e. The quantitative estimate of drug-likeness (QED) is 0.734. The molecule has 3 N–H and O–H groups in total. The summed E-state index contributed by atoms with van der Waals surface area (Å²) in [5.41, 5.74) is 5.39. The lowest BCUT2D eigenvalue weighted by Gasteiger charge is -2.11. The highest BCUT2D eigenvalue weighted by Gasteiger charge is 2.12. The van der Waals surface area contributed by atoms with Gasteiger partial charge in [0.2, 0.25) is 11.9 Å². The third kappa shape index (κ3) is 4.09. The number of nitrogens with zero attached hydrogens (tertiary/aromatic N) is 2. The molecule has 1 rings (SSSR count). The molecule has 1 unspecified atom stereocenters. The van der Waals surface area contributed by atoms with Crippen molar-refractivity contribution in [3.8, 4) is 0 Å². The Labute approximate surface area is 98.2 Å². The van der Waals surface area contributed by atoms with Crippen LogP contribution in [0.15, 0.2) is 12.3 Å². The van der Waals surface area contributed by atoms with E-state index in [2.05, 4.69) is 15.3 Å². The maximum absolute atomic E-state index is 11.5. The van der Waals surface area contributed by atoms with Crippen molar-refractivity contribution in [3.63, 3.8) is 0 Å². The fourth-order valence-electron chi connectivity index (χ4n) is 1.04. The molecule has 0 saturated heterocycles. The van der Waals surface area contributed by atoms with Crippen LogP contribution in [0, 0.1) is 0 Å². The van der Waals surface area contributed by atoms with Gasteiger partial charge < -0.3 is 10.5 Å². The van der Waals surface area contributed by atoms with Crippen LogP contribution in [0.5, 0.6) is 0 Å². The van der Waals surface area contributed by atoms with Crippen molar-refractivity contribution in [2.24, 2.45) is 5.73 Å². The SMILES string of the molecule is COC(CN)CC(=O)Nc1nccc(Cl)n1. The third-order valence-corrected chi connectivity index (χ3v) is 2.09. The number of ether oxygens (including phenoxy) is 1. The van der Waals surface area contributed by atoms with Crippen molar-refractivity contribution < 1.29 is 9.53 Å². The lowest BCUT2D eigenvalue weighted by molar-refractivity contribution is -0.118. The number of anilines is 1. The lowest BCUT2D eigenvalue weighted by atomic mass is 10.2. The highest BCUT2D eigenvalue weighted by atomic mass is 35.5. The molecule has 0 aliphatic rings. The summed E-state index contributed by atoms with van der Waals surface area (Å²) < 4.78 is 4.98. The third-order valence-electron chi connectivity index (χ3n) is 1.88. The minimum atomic E-state index is -0.306. The second kappa shape index (κ2) is 6.37. The van der Waals surface area contributed by atoms with Crippen LogP contribution in [0.1, 0.15) is 6.42 Å². The molecule has 1 amide bonds. The Bertz CT molecular complexity index is 357. The first-order valence-corrected chi connectivity index (χ1v) is 5.04. The summed E-state index contributed by atoms with van der Waals surface area (Å²) in [5.74, 6) is -0.0936. The van der Waals surface area contributed by atoms with Gasteiger partial charge in [0.25, 0.3) is 0 Å². The normalized spacial score (nSPS) is 12.2. The number of hydrogen-bond acceptors (Lipinski definition) is 5. The Morgan fingerprint density at radius 2 is 2.50 bits per heavy atom. The molecule has 1 aromatic heterocycles. The zero-order valence-electron chi connectivity index (χ0n) is 8.81. The first-order valence-electron chi connectivity index (χ1n) is 4.67. The molecular formula is C9H13ClN4O2. The van der Waals surface area contributed by atoms with Gasteiger partial charge in [-0.3, -0.25) is 10.1 Å². The van der Waals surface area contributed by atoms with Crippen molar-refractivity contribution in [3.05, 3.63) is 17.4 Å². The number of carbonyl (C=O) groups excluding carboxylic acids is 1. The van der Waals surface area contributed by atoms with Crippen molar-refractivity contribution >= 4 is 23.5 Å². The predicted molar refractivity (Wildman–Crippen MR) is 60.1 cm³/mol. The van der Waals surface area contributed by atoms with Crippen LogP contribution >= 0.6 is 11.6 Å². The molecule has 6 nitrogen and oxygen atoms in total. The van der Waals surface area contributed by atoms with Gasteiger partial charge in [-0.05, 0) is 6.07 Å². The molecule has 0 radical (unpaired) electrons. The standard InChI is InChI=1S/C9H13ClN4O2/c1-16-6(5-11)4-8(15)14-9-12-3-2-7(10)13-9/h2-3,6H,4-5,11H2,1H3,(H,12,13,14,15).